The van der Waals surface area contributed by atoms with E-state index in [0.717, 1.165) is 0 Å². The molecular weight excluding hydrogens is 618 g/mol. The topological polar surface area (TPSA) is 217 Å². The van der Waals surface area contributed by atoms with Gasteiger partial charge in [0.2, 0.25) is 5.69 Å². The summed E-state index contributed by atoms with van der Waals surface area (Å²) in [4.78, 5) is 46.9. The summed E-state index contributed by atoms with van der Waals surface area (Å²) < 4.78 is 0. The first kappa shape index (κ1) is 29.3. The van der Waals surface area contributed by atoms with E-state index < -0.39 is 0 Å². The first-order valence-corrected chi connectivity index (χ1v) is 14.0. The first-order chi connectivity index (χ1) is 23.9. The van der Waals surface area contributed by atoms with E-state index in [1.165, 1.54) is 12.1 Å². The molecule has 3 aromatic carbocycles. The fraction of sp³-hybridized carbons (Fsp3) is 0.0294. The summed E-state index contributed by atoms with van der Waals surface area (Å²) in [7, 11) is 0. The Morgan fingerprint density at radius 3 is 1.57 bits per heavy atom. The average molecular weight is 630 g/mol. The number of benzene rings is 3. The standard InChI is InChI=1S/C34H11N15/c1-16-8-24-25(9-17(16)12-35)44-30(43-24)20(15-38)32-47-31(19(14-37)29-41-21-6-4-5-7-22(21)42-29)48-34(49-32)28(40-3)33-45-26-10-18(13-36)23(39-2)11-27(26)46-33/h4-11H,1H3/b30-20-,33-28-. The van der Waals surface area contributed by atoms with Gasteiger partial charge >= 0.3 is 0 Å². The molecule has 7 rings (SSSR count). The van der Waals surface area contributed by atoms with Crippen molar-refractivity contribution in [2.75, 3.05) is 0 Å². The molecule has 0 amide bonds. The Bertz CT molecular complexity index is 2920. The van der Waals surface area contributed by atoms with Crippen LogP contribution in [0.5, 0.6) is 0 Å². The molecule has 49 heavy (non-hydrogen) atoms. The summed E-state index contributed by atoms with van der Waals surface area (Å²) >= 11 is 0. The molecule has 222 valence electrons. The minimum Gasteiger partial charge on any atom is -0.240 e. The maximum absolute atomic E-state index is 10.4. The monoisotopic (exact) mass is 629 g/mol. The number of allylic oxidation sites excluding steroid dienone is 2. The number of aromatic nitrogens is 3. The Kier molecular flexibility index (Phi) is 6.90. The van der Waals surface area contributed by atoms with E-state index >= 15 is 0 Å². The van der Waals surface area contributed by atoms with Gasteiger partial charge < -0.3 is 0 Å². The third-order valence-corrected chi connectivity index (χ3v) is 7.30. The van der Waals surface area contributed by atoms with Crippen LogP contribution in [0, 0.1) is 65.4 Å². The Balaban J connectivity index is 1.50. The zero-order valence-electron chi connectivity index (χ0n) is 24.8. The number of para-hydroxylation sites is 2. The quantitative estimate of drug-likeness (QED) is 0.238. The van der Waals surface area contributed by atoms with Crippen molar-refractivity contribution in [2.24, 2.45) is 30.0 Å². The molecule has 0 unspecified atom stereocenters. The Hall–Kier alpha value is -8.37. The van der Waals surface area contributed by atoms with Crippen LogP contribution >= 0.6 is 0 Å². The van der Waals surface area contributed by atoms with Crippen molar-refractivity contribution >= 4 is 22.5 Å². The molecular formula is C34H11N15. The number of rotatable bonds is 3. The number of hydrogen-bond donors (Lipinski definition) is 0. The van der Waals surface area contributed by atoms with E-state index in [1.807, 2.05) is 18.2 Å². The van der Waals surface area contributed by atoms with Crippen molar-refractivity contribution in [2.45, 2.75) is 6.92 Å². The molecule has 0 spiro atoms. The van der Waals surface area contributed by atoms with Crippen LogP contribution in [0.25, 0.3) is 26.5 Å². The highest BCUT2D eigenvalue weighted by atomic mass is 15.1. The minimum atomic E-state index is -0.286. The highest BCUT2D eigenvalue weighted by Crippen LogP contribution is 2.27. The van der Waals surface area contributed by atoms with Crippen molar-refractivity contribution in [3.05, 3.63) is 155 Å². The number of nitriles is 4. The van der Waals surface area contributed by atoms with E-state index in [1.54, 1.807) is 43.3 Å². The van der Waals surface area contributed by atoms with Crippen LogP contribution < -0.4 is 32.1 Å². The molecule has 0 saturated heterocycles. The van der Waals surface area contributed by atoms with E-state index in [2.05, 4.69) is 60.7 Å². The molecule has 0 aliphatic carbocycles. The number of nitrogens with zero attached hydrogens (tertiary/aromatic N) is 15. The van der Waals surface area contributed by atoms with Gasteiger partial charge in [-0.2, -0.15) is 21.0 Å². The zero-order valence-corrected chi connectivity index (χ0v) is 24.8. The summed E-state index contributed by atoms with van der Waals surface area (Å²) in [5.41, 5.74) is 0.574. The van der Waals surface area contributed by atoms with Crippen LogP contribution in [0.2, 0.25) is 0 Å². The third-order valence-electron chi connectivity index (χ3n) is 7.30. The number of aryl methyl sites for hydroxylation is 1. The molecule has 0 bridgehead atoms. The van der Waals surface area contributed by atoms with E-state index in [4.69, 9.17) is 13.1 Å². The van der Waals surface area contributed by atoms with E-state index in [-0.39, 0.29) is 73.7 Å². The lowest BCUT2D eigenvalue weighted by Gasteiger charge is -2.07. The van der Waals surface area contributed by atoms with Gasteiger partial charge in [-0.05, 0) is 48.9 Å². The molecule has 0 N–H and O–H groups in total. The van der Waals surface area contributed by atoms with Gasteiger partial charge in [0.05, 0.1) is 68.6 Å². The van der Waals surface area contributed by atoms with Gasteiger partial charge in [0.1, 0.15) is 23.3 Å². The fourth-order valence-electron chi connectivity index (χ4n) is 4.96. The van der Waals surface area contributed by atoms with E-state index in [0.29, 0.717) is 32.6 Å². The van der Waals surface area contributed by atoms with E-state index in [9.17, 15) is 21.0 Å². The average Bonchev–Trinajstić information content (AvgIpc) is 3.84. The molecule has 0 radical (unpaired) electrons. The Morgan fingerprint density at radius 2 is 1.06 bits per heavy atom. The summed E-state index contributed by atoms with van der Waals surface area (Å²) in [6.07, 6.45) is 0. The molecule has 0 atom stereocenters. The van der Waals surface area contributed by atoms with Crippen molar-refractivity contribution in [1.82, 2.24) is 15.0 Å². The second-order valence-electron chi connectivity index (χ2n) is 10.2. The molecule has 4 heterocycles. The smallest absolute Gasteiger partial charge is 0.240 e. The summed E-state index contributed by atoms with van der Waals surface area (Å²) in [5.74, 6) is -0.968. The molecule has 15 nitrogen and oxygen atoms in total. The molecule has 4 aromatic rings. The van der Waals surface area contributed by atoms with Crippen LogP contribution in [-0.4, -0.2) is 15.0 Å². The zero-order chi connectivity index (χ0) is 34.2. The highest BCUT2D eigenvalue weighted by Gasteiger charge is 2.25. The number of fused-ring (bicyclic) bond motifs is 3. The van der Waals surface area contributed by atoms with Gasteiger partial charge in [0, 0.05) is 0 Å². The fourth-order valence-corrected chi connectivity index (χ4v) is 4.96. The van der Waals surface area contributed by atoms with Crippen LogP contribution in [0.15, 0.2) is 95.9 Å². The summed E-state index contributed by atoms with van der Waals surface area (Å²) in [6.45, 7) is 17.2. The van der Waals surface area contributed by atoms with Crippen molar-refractivity contribution in [1.29, 1.82) is 21.0 Å². The lowest BCUT2D eigenvalue weighted by molar-refractivity contribution is 0.958. The lowest BCUT2D eigenvalue weighted by atomic mass is 10.1. The van der Waals surface area contributed by atoms with Gasteiger partial charge in [-0.1, -0.05) is 12.1 Å². The van der Waals surface area contributed by atoms with Gasteiger partial charge in [0.25, 0.3) is 5.70 Å². The van der Waals surface area contributed by atoms with Crippen LogP contribution in [0.3, 0.4) is 0 Å². The maximum atomic E-state index is 10.4. The largest absolute Gasteiger partial charge is 0.274 e. The van der Waals surface area contributed by atoms with Crippen molar-refractivity contribution in [3.8, 4) is 24.3 Å². The Morgan fingerprint density at radius 1 is 0.592 bits per heavy atom. The van der Waals surface area contributed by atoms with Crippen molar-refractivity contribution in [3.63, 3.8) is 0 Å². The SMILES string of the molecule is [C-]#[N+]/C(=C1/N=c2cc(C#N)c([N+]#[C-])cc2=N1)c1nc(C(C#N)=C2N=c3ccccc3=N2)nc(/C(C#N)=C2/N=c3cc(C)c(C#N)cc3=N2)n1. The van der Waals surface area contributed by atoms with Gasteiger partial charge in [0.15, 0.2) is 34.9 Å². The Labute approximate surface area is 274 Å². The second-order valence-corrected chi connectivity index (χ2v) is 10.2. The molecule has 15 heteroatoms. The maximum Gasteiger partial charge on any atom is 0.274 e. The molecule has 3 aliphatic rings. The second kappa shape index (κ2) is 11.5. The molecule has 0 saturated carbocycles. The lowest BCUT2D eigenvalue weighted by Crippen LogP contribution is -2.22. The number of hydrogen-bond acceptors (Lipinski definition) is 13. The molecule has 0 fully saturated rings. The normalized spacial score (nSPS) is 14.7. The predicted molar refractivity (Wildman–Crippen MR) is 165 cm³/mol. The summed E-state index contributed by atoms with van der Waals surface area (Å²) in [6, 6.07) is 21.1. The van der Waals surface area contributed by atoms with Crippen LogP contribution in [0.1, 0.15) is 34.2 Å². The van der Waals surface area contributed by atoms with Gasteiger partial charge in [-0.25, -0.2) is 54.6 Å². The molecule has 3 aliphatic heterocycles. The van der Waals surface area contributed by atoms with Gasteiger partial charge in [-0.15, -0.1) is 0 Å². The first-order valence-electron chi connectivity index (χ1n) is 14.0. The van der Waals surface area contributed by atoms with Crippen molar-refractivity contribution < 1.29 is 0 Å². The van der Waals surface area contributed by atoms with Crippen LogP contribution in [0.4, 0.5) is 5.69 Å². The minimum absolute atomic E-state index is 0.00971. The summed E-state index contributed by atoms with van der Waals surface area (Å²) in [5, 5.41) is 41.9. The predicted octanol–water partition coefficient (Wildman–Crippen LogP) is 1.26. The third kappa shape index (κ3) is 4.94. The highest BCUT2D eigenvalue weighted by molar-refractivity contribution is 5.81. The molecule has 1 aromatic heterocycles. The van der Waals surface area contributed by atoms with Crippen LogP contribution in [-0.2, 0) is 0 Å². The van der Waals surface area contributed by atoms with Gasteiger partial charge in [-0.3, -0.25) is 0 Å².